The van der Waals surface area contributed by atoms with E-state index in [4.69, 9.17) is 9.47 Å². The molecule has 0 aliphatic rings. The lowest BCUT2D eigenvalue weighted by Gasteiger charge is -2.11. The number of hydrogen-bond donors (Lipinski definition) is 0. The molecule has 0 spiro atoms. The standard InChI is InChI=1S/C9H9F2IO2/c1-13-7-4-6(12)8(14-2)3-5(7)9(10)11/h3-4,9H,1-2H3. The zero-order valence-electron chi connectivity index (χ0n) is 7.68. The maximum Gasteiger partial charge on any atom is 0.267 e. The lowest BCUT2D eigenvalue weighted by Crippen LogP contribution is -1.96. The maximum absolute atomic E-state index is 12.5. The van der Waals surface area contributed by atoms with Gasteiger partial charge in [-0.05, 0) is 34.7 Å². The van der Waals surface area contributed by atoms with Crippen LogP contribution in [-0.4, -0.2) is 14.2 Å². The first kappa shape index (κ1) is 11.5. The van der Waals surface area contributed by atoms with Crippen LogP contribution in [0.15, 0.2) is 12.1 Å². The third-order valence-electron chi connectivity index (χ3n) is 1.74. The van der Waals surface area contributed by atoms with E-state index in [0.717, 1.165) is 3.57 Å². The van der Waals surface area contributed by atoms with Crippen molar-refractivity contribution in [2.45, 2.75) is 6.43 Å². The molecule has 0 heterocycles. The number of halogens is 3. The highest BCUT2D eigenvalue weighted by Gasteiger charge is 2.16. The number of hydrogen-bond acceptors (Lipinski definition) is 2. The molecule has 5 heteroatoms. The van der Waals surface area contributed by atoms with E-state index in [2.05, 4.69) is 0 Å². The SMILES string of the molecule is COc1cc(C(F)F)c(OC)cc1I. The van der Waals surface area contributed by atoms with Crippen LogP contribution in [-0.2, 0) is 0 Å². The molecule has 0 amide bonds. The molecule has 0 unspecified atom stereocenters. The highest BCUT2D eigenvalue weighted by molar-refractivity contribution is 14.1. The summed E-state index contributed by atoms with van der Waals surface area (Å²) < 4.78 is 35.6. The molecular formula is C9H9F2IO2. The molecule has 78 valence electrons. The van der Waals surface area contributed by atoms with Crippen molar-refractivity contribution in [3.8, 4) is 11.5 Å². The van der Waals surface area contributed by atoms with Crippen LogP contribution in [0.5, 0.6) is 11.5 Å². The van der Waals surface area contributed by atoms with E-state index >= 15 is 0 Å². The van der Waals surface area contributed by atoms with Crippen LogP contribution >= 0.6 is 22.6 Å². The molecule has 0 atom stereocenters. The van der Waals surface area contributed by atoms with E-state index in [1.165, 1.54) is 26.4 Å². The topological polar surface area (TPSA) is 18.5 Å². The normalized spacial score (nSPS) is 10.4. The number of methoxy groups -OCH3 is 2. The molecule has 0 fully saturated rings. The monoisotopic (exact) mass is 314 g/mol. The molecule has 0 saturated carbocycles. The van der Waals surface area contributed by atoms with E-state index in [9.17, 15) is 8.78 Å². The second-order valence-corrected chi connectivity index (χ2v) is 3.69. The summed E-state index contributed by atoms with van der Waals surface area (Å²) in [6, 6.07) is 2.83. The van der Waals surface area contributed by atoms with Crippen molar-refractivity contribution in [2.75, 3.05) is 14.2 Å². The van der Waals surface area contributed by atoms with Crippen LogP contribution < -0.4 is 9.47 Å². The Labute approximate surface area is 94.3 Å². The Morgan fingerprint density at radius 1 is 1.14 bits per heavy atom. The van der Waals surface area contributed by atoms with Gasteiger partial charge in [0.05, 0.1) is 23.4 Å². The van der Waals surface area contributed by atoms with E-state index in [1.807, 2.05) is 22.6 Å². The van der Waals surface area contributed by atoms with Gasteiger partial charge in [0.15, 0.2) is 0 Å². The van der Waals surface area contributed by atoms with Crippen LogP contribution in [0.3, 0.4) is 0 Å². The molecular weight excluding hydrogens is 305 g/mol. The van der Waals surface area contributed by atoms with Gasteiger partial charge in [-0.15, -0.1) is 0 Å². The molecule has 0 N–H and O–H groups in total. The van der Waals surface area contributed by atoms with Gasteiger partial charge in [0.1, 0.15) is 11.5 Å². The van der Waals surface area contributed by atoms with Gasteiger partial charge < -0.3 is 9.47 Å². The van der Waals surface area contributed by atoms with Crippen LogP contribution in [0.2, 0.25) is 0 Å². The van der Waals surface area contributed by atoms with Gasteiger partial charge in [0.25, 0.3) is 6.43 Å². The van der Waals surface area contributed by atoms with E-state index < -0.39 is 6.43 Å². The lowest BCUT2D eigenvalue weighted by molar-refractivity contribution is 0.146. The lowest BCUT2D eigenvalue weighted by atomic mass is 10.2. The number of alkyl halides is 2. The first-order valence-corrected chi connectivity index (χ1v) is 4.87. The van der Waals surface area contributed by atoms with Gasteiger partial charge in [-0.2, -0.15) is 0 Å². The third-order valence-corrected chi connectivity index (χ3v) is 2.58. The maximum atomic E-state index is 12.5. The van der Waals surface area contributed by atoms with Crippen molar-refractivity contribution in [3.05, 3.63) is 21.3 Å². The summed E-state index contributed by atoms with van der Waals surface area (Å²) in [7, 11) is 2.81. The third kappa shape index (κ3) is 2.26. The Kier molecular flexibility index (Phi) is 3.91. The first-order chi connectivity index (χ1) is 6.60. The minimum Gasteiger partial charge on any atom is -0.496 e. The van der Waals surface area contributed by atoms with Crippen LogP contribution in [0.1, 0.15) is 12.0 Å². The van der Waals surface area contributed by atoms with Crippen molar-refractivity contribution in [1.82, 2.24) is 0 Å². The largest absolute Gasteiger partial charge is 0.496 e. The van der Waals surface area contributed by atoms with Gasteiger partial charge in [0, 0.05) is 0 Å². The number of rotatable bonds is 3. The fourth-order valence-electron chi connectivity index (χ4n) is 1.05. The van der Waals surface area contributed by atoms with Crippen LogP contribution in [0.4, 0.5) is 8.78 Å². The molecule has 0 bridgehead atoms. The average Bonchev–Trinajstić information content (AvgIpc) is 2.16. The second-order valence-electron chi connectivity index (χ2n) is 2.53. The Balaban J connectivity index is 3.25. The summed E-state index contributed by atoms with van der Waals surface area (Å²) in [5.74, 6) is 0.618. The molecule has 14 heavy (non-hydrogen) atoms. The molecule has 1 rings (SSSR count). The van der Waals surface area contributed by atoms with Crippen molar-refractivity contribution in [3.63, 3.8) is 0 Å². The Bertz CT molecular complexity index is 329. The minimum atomic E-state index is -2.56. The predicted molar refractivity (Wildman–Crippen MR) is 57.2 cm³/mol. The number of ether oxygens (including phenoxy) is 2. The zero-order valence-corrected chi connectivity index (χ0v) is 9.84. The summed E-state index contributed by atoms with van der Waals surface area (Å²) in [5, 5.41) is 0. The van der Waals surface area contributed by atoms with E-state index in [-0.39, 0.29) is 11.3 Å². The fraction of sp³-hybridized carbons (Fsp3) is 0.333. The van der Waals surface area contributed by atoms with Crippen molar-refractivity contribution < 1.29 is 18.3 Å². The van der Waals surface area contributed by atoms with Gasteiger partial charge in [0.2, 0.25) is 0 Å². The molecule has 0 aromatic heterocycles. The number of benzene rings is 1. The molecule has 0 radical (unpaired) electrons. The Hall–Kier alpha value is -0.590. The fourth-order valence-corrected chi connectivity index (χ4v) is 1.71. The predicted octanol–water partition coefficient (Wildman–Crippen LogP) is 3.25. The summed E-state index contributed by atoms with van der Waals surface area (Å²) in [4.78, 5) is 0. The summed E-state index contributed by atoms with van der Waals surface area (Å²) in [5.41, 5.74) is -0.148. The minimum absolute atomic E-state index is 0.148. The smallest absolute Gasteiger partial charge is 0.267 e. The van der Waals surface area contributed by atoms with Gasteiger partial charge in [-0.3, -0.25) is 0 Å². The van der Waals surface area contributed by atoms with Crippen LogP contribution in [0.25, 0.3) is 0 Å². The summed E-state index contributed by atoms with van der Waals surface area (Å²) in [6.45, 7) is 0. The first-order valence-electron chi connectivity index (χ1n) is 3.79. The van der Waals surface area contributed by atoms with Crippen molar-refractivity contribution in [1.29, 1.82) is 0 Å². The van der Waals surface area contributed by atoms with Gasteiger partial charge in [-0.1, -0.05) is 0 Å². The van der Waals surface area contributed by atoms with Crippen molar-refractivity contribution >= 4 is 22.6 Å². The summed E-state index contributed by atoms with van der Waals surface area (Å²) in [6.07, 6.45) is -2.56. The van der Waals surface area contributed by atoms with E-state index in [1.54, 1.807) is 0 Å². The molecule has 1 aromatic rings. The van der Waals surface area contributed by atoms with E-state index in [0.29, 0.717) is 5.75 Å². The molecule has 0 aliphatic carbocycles. The van der Waals surface area contributed by atoms with Gasteiger partial charge >= 0.3 is 0 Å². The molecule has 1 aromatic carbocycles. The average molecular weight is 314 g/mol. The molecule has 0 saturated heterocycles. The Morgan fingerprint density at radius 3 is 2.14 bits per heavy atom. The Morgan fingerprint density at radius 2 is 1.71 bits per heavy atom. The highest BCUT2D eigenvalue weighted by atomic mass is 127. The summed E-state index contributed by atoms with van der Waals surface area (Å²) >= 11 is 2.00. The zero-order chi connectivity index (χ0) is 10.7. The quantitative estimate of drug-likeness (QED) is 0.798. The van der Waals surface area contributed by atoms with Crippen molar-refractivity contribution in [2.24, 2.45) is 0 Å². The molecule has 2 nitrogen and oxygen atoms in total. The molecule has 0 aliphatic heterocycles. The highest BCUT2D eigenvalue weighted by Crippen LogP contribution is 2.35. The van der Waals surface area contributed by atoms with Gasteiger partial charge in [-0.25, -0.2) is 8.78 Å². The van der Waals surface area contributed by atoms with Crippen LogP contribution in [0, 0.1) is 3.57 Å². The second kappa shape index (κ2) is 4.77.